The number of thiophene rings is 1. The molecule has 1 aliphatic heterocycles. The summed E-state index contributed by atoms with van der Waals surface area (Å²) in [6.45, 7) is 0.431. The minimum atomic E-state index is -3.56. The first kappa shape index (κ1) is 21.5. The summed E-state index contributed by atoms with van der Waals surface area (Å²) in [7, 11) is -3.56. The van der Waals surface area contributed by atoms with Crippen molar-refractivity contribution in [3.05, 3.63) is 64.5 Å². The van der Waals surface area contributed by atoms with Gasteiger partial charge in [-0.25, -0.2) is 13.4 Å². The van der Waals surface area contributed by atoms with Gasteiger partial charge in [-0.3, -0.25) is 4.79 Å². The quantitative estimate of drug-likeness (QED) is 0.535. The van der Waals surface area contributed by atoms with Crippen LogP contribution in [-0.4, -0.2) is 47.8 Å². The molecule has 1 saturated heterocycles. The van der Waals surface area contributed by atoms with E-state index in [9.17, 15) is 13.2 Å². The number of sulfonamides is 1. The van der Waals surface area contributed by atoms with Crippen LogP contribution >= 0.6 is 34.4 Å². The average Bonchev–Trinajstić information content (AvgIpc) is 3.48. The van der Waals surface area contributed by atoms with E-state index in [1.165, 1.54) is 16.1 Å². The van der Waals surface area contributed by atoms with Gasteiger partial charge in [-0.15, -0.1) is 34.4 Å². The fourth-order valence-electron chi connectivity index (χ4n) is 3.14. The third-order valence-corrected chi connectivity index (χ3v) is 9.56. The topological polar surface area (TPSA) is 79.4 Å². The molecule has 158 valence electrons. The van der Waals surface area contributed by atoms with Gasteiger partial charge in [-0.05, 0) is 17.0 Å². The van der Waals surface area contributed by atoms with E-state index in [0.717, 1.165) is 21.1 Å². The maximum Gasteiger partial charge on any atom is 0.239 e. The van der Waals surface area contributed by atoms with Crippen LogP contribution < -0.4 is 5.32 Å². The number of nitrogens with zero attached hydrogens (tertiary/aromatic N) is 2. The third kappa shape index (κ3) is 5.12. The molecular weight excluding hydrogens is 459 g/mol. The van der Waals surface area contributed by atoms with Crippen molar-refractivity contribution in [3.8, 4) is 9.88 Å². The van der Waals surface area contributed by atoms with E-state index in [1.54, 1.807) is 34.8 Å². The van der Waals surface area contributed by atoms with Crippen molar-refractivity contribution < 1.29 is 13.2 Å². The van der Waals surface area contributed by atoms with Gasteiger partial charge in [0.1, 0.15) is 11.0 Å². The molecule has 6 nitrogen and oxygen atoms in total. The van der Waals surface area contributed by atoms with E-state index in [-0.39, 0.29) is 11.7 Å². The van der Waals surface area contributed by atoms with Crippen molar-refractivity contribution in [1.29, 1.82) is 0 Å². The third-order valence-electron chi connectivity index (χ3n) is 4.66. The second-order valence-corrected chi connectivity index (χ2v) is 11.5. The average molecular weight is 480 g/mol. The number of rotatable bonds is 8. The normalized spacial score (nSPS) is 17.3. The first-order chi connectivity index (χ1) is 14.5. The summed E-state index contributed by atoms with van der Waals surface area (Å²) >= 11 is 4.71. The highest BCUT2D eigenvalue weighted by Gasteiger charge is 2.38. The van der Waals surface area contributed by atoms with Crippen LogP contribution in [0.5, 0.6) is 0 Å². The molecule has 0 unspecified atom stereocenters. The Hall–Kier alpha value is -1.72. The van der Waals surface area contributed by atoms with E-state index in [4.69, 9.17) is 0 Å². The maximum atomic E-state index is 12.9. The molecule has 3 heterocycles. The highest BCUT2D eigenvalue weighted by atomic mass is 32.2. The van der Waals surface area contributed by atoms with Crippen molar-refractivity contribution in [2.45, 2.75) is 18.2 Å². The minimum absolute atomic E-state index is 0.0947. The molecule has 1 aliphatic rings. The number of hydrogen-bond acceptors (Lipinski definition) is 7. The molecular formula is C20H21N3O3S4. The number of benzene rings is 1. The van der Waals surface area contributed by atoms with Crippen molar-refractivity contribution in [2.75, 3.05) is 18.2 Å². The lowest BCUT2D eigenvalue weighted by molar-refractivity contribution is -0.123. The van der Waals surface area contributed by atoms with Crippen LogP contribution in [-0.2, 0) is 27.0 Å². The van der Waals surface area contributed by atoms with Crippen LogP contribution in [0.3, 0.4) is 0 Å². The Balaban J connectivity index is 1.32. The number of thiazole rings is 1. The number of nitrogens with one attached hydrogen (secondary N) is 1. The lowest BCUT2D eigenvalue weighted by Gasteiger charge is -2.22. The van der Waals surface area contributed by atoms with Crippen molar-refractivity contribution >= 4 is 50.4 Å². The van der Waals surface area contributed by atoms with Crippen LogP contribution in [0.4, 0.5) is 0 Å². The predicted molar refractivity (Wildman–Crippen MR) is 124 cm³/mol. The maximum absolute atomic E-state index is 12.9. The first-order valence-corrected chi connectivity index (χ1v) is 13.9. The Labute approximate surface area is 188 Å². The fourth-order valence-corrected chi connectivity index (χ4v) is 8.13. The zero-order valence-electron chi connectivity index (χ0n) is 16.1. The summed E-state index contributed by atoms with van der Waals surface area (Å²) in [5, 5.41) is 7.90. The molecule has 2 aromatic heterocycles. The Morgan fingerprint density at radius 3 is 2.77 bits per heavy atom. The van der Waals surface area contributed by atoms with Crippen LogP contribution in [0.1, 0.15) is 11.3 Å². The summed E-state index contributed by atoms with van der Waals surface area (Å²) in [6, 6.07) is 12.4. The van der Waals surface area contributed by atoms with Gasteiger partial charge in [-0.1, -0.05) is 36.4 Å². The standard InChI is InChI=1S/C20H21N3O3S4/c24-19(21-9-8-16-11-29-20(22-16)18-7-4-10-28-18)17-12-27-14-23(17)30(25,26)13-15-5-2-1-3-6-15/h1-7,10-11,17H,8-9,12-14H2,(H,21,24)/t17-/m1/s1. The van der Waals surface area contributed by atoms with Gasteiger partial charge in [0.2, 0.25) is 15.9 Å². The van der Waals surface area contributed by atoms with Crippen LogP contribution in [0.2, 0.25) is 0 Å². The summed E-state index contributed by atoms with van der Waals surface area (Å²) < 4.78 is 27.0. The number of amides is 1. The van der Waals surface area contributed by atoms with Gasteiger partial charge >= 0.3 is 0 Å². The van der Waals surface area contributed by atoms with Gasteiger partial charge in [0.25, 0.3) is 0 Å². The van der Waals surface area contributed by atoms with Crippen molar-refractivity contribution in [2.24, 2.45) is 0 Å². The smallest absolute Gasteiger partial charge is 0.239 e. The molecule has 30 heavy (non-hydrogen) atoms. The SMILES string of the molecule is O=C(NCCc1csc(-c2cccs2)n1)[C@H]1CSCN1S(=O)(=O)Cc1ccccc1. The van der Waals surface area contributed by atoms with Gasteiger partial charge in [0, 0.05) is 24.1 Å². The van der Waals surface area contributed by atoms with E-state index >= 15 is 0 Å². The highest BCUT2D eigenvalue weighted by Crippen LogP contribution is 2.28. The molecule has 1 atom stereocenters. The van der Waals surface area contributed by atoms with E-state index in [2.05, 4.69) is 10.3 Å². The summed E-state index contributed by atoms with van der Waals surface area (Å²) in [4.78, 5) is 18.4. The van der Waals surface area contributed by atoms with Crippen LogP contribution in [0, 0.1) is 0 Å². The Morgan fingerprint density at radius 2 is 2.00 bits per heavy atom. The molecule has 1 aromatic carbocycles. The zero-order chi connectivity index (χ0) is 21.0. The molecule has 4 rings (SSSR count). The molecule has 0 spiro atoms. The molecule has 1 amide bonds. The Bertz CT molecular complexity index is 1080. The van der Waals surface area contributed by atoms with E-state index < -0.39 is 16.1 Å². The summed E-state index contributed by atoms with van der Waals surface area (Å²) in [6.07, 6.45) is 0.615. The lowest BCUT2D eigenvalue weighted by atomic mass is 10.2. The number of hydrogen-bond donors (Lipinski definition) is 1. The summed E-state index contributed by atoms with van der Waals surface area (Å²) in [5.41, 5.74) is 1.65. The molecule has 10 heteroatoms. The second kappa shape index (κ2) is 9.61. The molecule has 0 bridgehead atoms. The van der Waals surface area contributed by atoms with Gasteiger partial charge < -0.3 is 5.32 Å². The largest absolute Gasteiger partial charge is 0.354 e. The molecule has 1 N–H and O–H groups in total. The molecule has 0 saturated carbocycles. The molecule has 3 aromatic rings. The fraction of sp³-hybridized carbons (Fsp3) is 0.300. The van der Waals surface area contributed by atoms with E-state index in [0.29, 0.717) is 24.6 Å². The zero-order valence-corrected chi connectivity index (χ0v) is 19.3. The number of carbonyl (C=O) groups excluding carboxylic acids is 1. The highest BCUT2D eigenvalue weighted by molar-refractivity contribution is 8.00. The monoisotopic (exact) mass is 479 g/mol. The van der Waals surface area contributed by atoms with Crippen LogP contribution in [0.25, 0.3) is 9.88 Å². The first-order valence-electron chi connectivity index (χ1n) is 9.40. The summed E-state index contributed by atoms with van der Waals surface area (Å²) in [5.74, 6) is 0.441. The Kier molecular flexibility index (Phi) is 6.89. The van der Waals surface area contributed by atoms with Crippen LogP contribution in [0.15, 0.2) is 53.2 Å². The van der Waals surface area contributed by atoms with Crippen molar-refractivity contribution in [3.63, 3.8) is 0 Å². The molecule has 0 aliphatic carbocycles. The molecule has 0 radical (unpaired) electrons. The molecule has 1 fully saturated rings. The predicted octanol–water partition coefficient (Wildman–Crippen LogP) is 3.44. The van der Waals surface area contributed by atoms with Crippen molar-refractivity contribution in [1.82, 2.24) is 14.6 Å². The number of thioether (sulfide) groups is 1. The van der Waals surface area contributed by atoms with Gasteiger partial charge in [0.05, 0.1) is 22.2 Å². The van der Waals surface area contributed by atoms with E-state index in [1.807, 2.05) is 41.1 Å². The van der Waals surface area contributed by atoms with Gasteiger partial charge in [-0.2, -0.15) is 4.31 Å². The second-order valence-electron chi connectivity index (χ2n) is 6.81. The number of aromatic nitrogens is 1. The Morgan fingerprint density at radius 1 is 1.17 bits per heavy atom. The lowest BCUT2D eigenvalue weighted by Crippen LogP contribution is -2.47. The minimum Gasteiger partial charge on any atom is -0.354 e. The number of carbonyl (C=O) groups is 1. The van der Waals surface area contributed by atoms with Gasteiger partial charge in [0.15, 0.2) is 0 Å².